The van der Waals surface area contributed by atoms with Crippen LogP contribution in [0.4, 0.5) is 8.78 Å². The van der Waals surface area contributed by atoms with Crippen molar-refractivity contribution >= 4 is 16.9 Å². The molecule has 0 saturated heterocycles. The monoisotopic (exact) mass is 330 g/mol. The molecule has 0 fully saturated rings. The van der Waals surface area contributed by atoms with Gasteiger partial charge in [0.05, 0.1) is 11.6 Å². The zero-order chi connectivity index (χ0) is 17.3. The van der Waals surface area contributed by atoms with E-state index in [4.69, 9.17) is 0 Å². The van der Waals surface area contributed by atoms with E-state index in [9.17, 15) is 13.6 Å². The maximum absolute atomic E-state index is 13.3. The number of hydrogen-bond acceptors (Lipinski definition) is 3. The summed E-state index contributed by atoms with van der Waals surface area (Å²) in [6.45, 7) is 4.35. The Morgan fingerprint density at radius 1 is 1.21 bits per heavy atom. The third-order valence-electron chi connectivity index (χ3n) is 3.87. The summed E-state index contributed by atoms with van der Waals surface area (Å²) in [5.41, 5.74) is 2.40. The smallest absolute Gasteiger partial charge is 0.251 e. The number of aryl methyl sites for hydroxylation is 1. The van der Waals surface area contributed by atoms with Crippen LogP contribution in [-0.4, -0.2) is 20.9 Å². The highest BCUT2D eigenvalue weighted by atomic mass is 19.2. The lowest BCUT2D eigenvalue weighted by Crippen LogP contribution is -2.26. The molecule has 0 aliphatic rings. The highest BCUT2D eigenvalue weighted by Gasteiger charge is 2.15. The van der Waals surface area contributed by atoms with Gasteiger partial charge in [0.15, 0.2) is 11.6 Å². The van der Waals surface area contributed by atoms with Gasteiger partial charge in [-0.05, 0) is 49.7 Å². The van der Waals surface area contributed by atoms with E-state index in [2.05, 4.69) is 15.6 Å². The van der Waals surface area contributed by atoms with Crippen LogP contribution < -0.4 is 5.32 Å². The second kappa shape index (κ2) is 6.35. The van der Waals surface area contributed by atoms with Crippen molar-refractivity contribution in [1.82, 2.24) is 20.3 Å². The minimum absolute atomic E-state index is 0.319. The molecule has 24 heavy (non-hydrogen) atoms. The van der Waals surface area contributed by atoms with E-state index in [1.807, 2.05) is 6.92 Å². The average Bonchev–Trinajstić information content (AvgIpc) is 2.99. The van der Waals surface area contributed by atoms with Crippen LogP contribution in [0.3, 0.4) is 0 Å². The summed E-state index contributed by atoms with van der Waals surface area (Å²) in [5.74, 6) is -2.17. The van der Waals surface area contributed by atoms with Crippen molar-refractivity contribution in [2.75, 3.05) is 0 Å². The Kier molecular flexibility index (Phi) is 4.24. The summed E-state index contributed by atoms with van der Waals surface area (Å²) in [4.78, 5) is 12.4. The first-order valence-electron chi connectivity index (χ1n) is 7.58. The Balaban J connectivity index is 1.79. The van der Waals surface area contributed by atoms with Gasteiger partial charge in [-0.25, -0.2) is 13.5 Å². The number of benzene rings is 2. The van der Waals surface area contributed by atoms with Crippen LogP contribution in [0.5, 0.6) is 0 Å². The lowest BCUT2D eigenvalue weighted by molar-refractivity contribution is 0.0940. The van der Waals surface area contributed by atoms with E-state index in [0.29, 0.717) is 23.2 Å². The van der Waals surface area contributed by atoms with Crippen LogP contribution in [0.1, 0.15) is 35.8 Å². The summed E-state index contributed by atoms with van der Waals surface area (Å²) in [7, 11) is 0. The summed E-state index contributed by atoms with van der Waals surface area (Å²) < 4.78 is 28.0. The molecule has 3 aromatic rings. The van der Waals surface area contributed by atoms with Crippen molar-refractivity contribution in [3.63, 3.8) is 0 Å². The minimum atomic E-state index is -0.939. The fourth-order valence-electron chi connectivity index (χ4n) is 2.49. The number of nitrogens with one attached hydrogen (secondary N) is 1. The molecule has 0 radical (unpaired) electrons. The predicted octanol–water partition coefficient (Wildman–Crippen LogP) is 3.22. The topological polar surface area (TPSA) is 59.8 Å². The molecule has 7 heteroatoms. The Labute approximate surface area is 137 Å². The predicted molar refractivity (Wildman–Crippen MR) is 85.4 cm³/mol. The fraction of sp³-hybridized carbons (Fsp3) is 0.235. The normalized spacial score (nSPS) is 12.3. The number of amides is 1. The first kappa shape index (κ1) is 16.0. The first-order valence-corrected chi connectivity index (χ1v) is 7.58. The van der Waals surface area contributed by atoms with Crippen molar-refractivity contribution in [3.8, 4) is 0 Å². The first-order chi connectivity index (χ1) is 11.5. The van der Waals surface area contributed by atoms with E-state index in [1.54, 1.807) is 29.8 Å². The Morgan fingerprint density at radius 3 is 2.71 bits per heavy atom. The van der Waals surface area contributed by atoms with E-state index in [-0.39, 0.29) is 5.91 Å². The van der Waals surface area contributed by atoms with Crippen molar-refractivity contribution in [2.45, 2.75) is 26.4 Å². The Morgan fingerprint density at radius 2 is 2.00 bits per heavy atom. The lowest BCUT2D eigenvalue weighted by Gasteiger charge is -2.14. The van der Waals surface area contributed by atoms with Crippen LogP contribution in [0, 0.1) is 11.6 Å². The lowest BCUT2D eigenvalue weighted by atomic mass is 10.1. The van der Waals surface area contributed by atoms with Gasteiger partial charge in [0.1, 0.15) is 5.52 Å². The highest BCUT2D eigenvalue weighted by Crippen LogP contribution is 2.18. The molecule has 1 atom stereocenters. The number of rotatable bonds is 4. The number of hydrogen-bond donors (Lipinski definition) is 1. The SMILES string of the molecule is CCn1nnc2cc(C(=O)N[C@H](C)c3ccc(F)c(F)c3)ccc21. The van der Waals surface area contributed by atoms with Crippen LogP contribution in [0.15, 0.2) is 36.4 Å². The van der Waals surface area contributed by atoms with E-state index < -0.39 is 17.7 Å². The molecule has 0 aliphatic carbocycles. The molecule has 1 amide bonds. The number of fused-ring (bicyclic) bond motifs is 1. The average molecular weight is 330 g/mol. The van der Waals surface area contributed by atoms with Crippen LogP contribution >= 0.6 is 0 Å². The van der Waals surface area contributed by atoms with Gasteiger partial charge in [0.2, 0.25) is 0 Å². The van der Waals surface area contributed by atoms with Gasteiger partial charge in [0.25, 0.3) is 5.91 Å². The molecule has 1 N–H and O–H groups in total. The minimum Gasteiger partial charge on any atom is -0.346 e. The molecule has 2 aromatic carbocycles. The maximum atomic E-state index is 13.3. The molecular formula is C17H16F2N4O. The molecule has 0 aliphatic heterocycles. The molecule has 0 bridgehead atoms. The number of aromatic nitrogens is 3. The van der Waals surface area contributed by atoms with Gasteiger partial charge >= 0.3 is 0 Å². The van der Waals surface area contributed by atoms with Crippen molar-refractivity contribution < 1.29 is 13.6 Å². The maximum Gasteiger partial charge on any atom is 0.251 e. The quantitative estimate of drug-likeness (QED) is 0.799. The van der Waals surface area contributed by atoms with Crippen molar-refractivity contribution in [3.05, 3.63) is 59.2 Å². The zero-order valence-electron chi connectivity index (χ0n) is 13.3. The second-order valence-electron chi connectivity index (χ2n) is 5.48. The van der Waals surface area contributed by atoms with Crippen LogP contribution in [0.2, 0.25) is 0 Å². The summed E-state index contributed by atoms with van der Waals surface area (Å²) in [6, 6.07) is 8.23. The zero-order valence-corrected chi connectivity index (χ0v) is 13.3. The molecule has 3 rings (SSSR count). The van der Waals surface area contributed by atoms with Crippen molar-refractivity contribution in [2.24, 2.45) is 0 Å². The van der Waals surface area contributed by atoms with Crippen LogP contribution in [-0.2, 0) is 6.54 Å². The number of nitrogens with zero attached hydrogens (tertiary/aromatic N) is 3. The largest absolute Gasteiger partial charge is 0.346 e. The molecule has 5 nitrogen and oxygen atoms in total. The van der Waals surface area contributed by atoms with Gasteiger partial charge < -0.3 is 5.32 Å². The molecule has 0 unspecified atom stereocenters. The molecule has 1 heterocycles. The molecule has 1 aromatic heterocycles. The molecule has 0 saturated carbocycles. The summed E-state index contributed by atoms with van der Waals surface area (Å²) in [5, 5.41) is 10.8. The number of halogens is 2. The van der Waals surface area contributed by atoms with Gasteiger partial charge in [-0.1, -0.05) is 11.3 Å². The van der Waals surface area contributed by atoms with E-state index >= 15 is 0 Å². The second-order valence-corrected chi connectivity index (χ2v) is 5.48. The third kappa shape index (κ3) is 2.97. The van der Waals surface area contributed by atoms with Gasteiger partial charge in [0, 0.05) is 12.1 Å². The van der Waals surface area contributed by atoms with E-state index in [1.165, 1.54) is 6.07 Å². The third-order valence-corrected chi connectivity index (χ3v) is 3.87. The highest BCUT2D eigenvalue weighted by molar-refractivity contribution is 5.97. The number of carbonyl (C=O) groups excluding carboxylic acids is 1. The molecule has 124 valence electrons. The summed E-state index contributed by atoms with van der Waals surface area (Å²) in [6.07, 6.45) is 0. The molecular weight excluding hydrogens is 314 g/mol. The standard InChI is InChI=1S/C17H16F2N4O/c1-3-23-16-7-5-12(9-15(16)21-22-23)17(24)20-10(2)11-4-6-13(18)14(19)8-11/h4-10H,3H2,1-2H3,(H,20,24)/t10-/m1/s1. The van der Waals surface area contributed by atoms with Gasteiger partial charge in [-0.2, -0.15) is 0 Å². The molecule has 0 spiro atoms. The Hall–Kier alpha value is -2.83. The fourth-order valence-corrected chi connectivity index (χ4v) is 2.49. The summed E-state index contributed by atoms with van der Waals surface area (Å²) >= 11 is 0. The van der Waals surface area contributed by atoms with Gasteiger partial charge in [-0.15, -0.1) is 5.10 Å². The van der Waals surface area contributed by atoms with Gasteiger partial charge in [-0.3, -0.25) is 4.79 Å². The van der Waals surface area contributed by atoms with E-state index in [0.717, 1.165) is 17.6 Å². The van der Waals surface area contributed by atoms with Crippen molar-refractivity contribution in [1.29, 1.82) is 0 Å². The Bertz CT molecular complexity index is 907. The van der Waals surface area contributed by atoms with Crippen LogP contribution in [0.25, 0.3) is 11.0 Å². The number of carbonyl (C=O) groups is 1.